The normalized spacial score (nSPS) is 36.7. The molecule has 0 N–H and O–H groups in total. The minimum atomic E-state index is 0.840. The monoisotopic (exact) mass is 232 g/mol. The third kappa shape index (κ3) is 1.16. The predicted octanol–water partition coefficient (Wildman–Crippen LogP) is 5.46. The molecule has 0 aromatic rings. The Bertz CT molecular complexity index is 259. The molecule has 0 aromatic heterocycles. The maximum atomic E-state index is 1.62. The van der Waals surface area contributed by atoms with Crippen LogP contribution in [0.2, 0.25) is 0 Å². The van der Waals surface area contributed by atoms with Crippen molar-refractivity contribution < 1.29 is 0 Å². The summed E-state index contributed by atoms with van der Waals surface area (Å²) >= 11 is 0. The first-order chi connectivity index (χ1) is 8.33. The Labute approximate surface area is 107 Å². The van der Waals surface area contributed by atoms with Crippen LogP contribution in [0.1, 0.15) is 89.9 Å². The first-order valence-corrected chi connectivity index (χ1v) is 8.33. The van der Waals surface area contributed by atoms with Gasteiger partial charge in [0.05, 0.1) is 0 Å². The highest BCUT2D eigenvalue weighted by atomic mass is 14.7. The van der Waals surface area contributed by atoms with Crippen LogP contribution < -0.4 is 0 Å². The molecule has 0 aliphatic heterocycles. The average molecular weight is 232 g/mol. The molecule has 4 fully saturated rings. The zero-order chi connectivity index (χ0) is 11.4. The topological polar surface area (TPSA) is 0 Å². The summed E-state index contributed by atoms with van der Waals surface area (Å²) in [6.07, 6.45) is 22.2. The highest BCUT2D eigenvalue weighted by Gasteiger charge is 2.66. The first kappa shape index (κ1) is 10.9. The van der Waals surface area contributed by atoms with Crippen LogP contribution in [0, 0.1) is 16.2 Å². The molecule has 3 spiro atoms. The van der Waals surface area contributed by atoms with E-state index in [1.54, 1.807) is 89.9 Å². The molecule has 4 aliphatic carbocycles. The van der Waals surface area contributed by atoms with Gasteiger partial charge < -0.3 is 0 Å². The highest BCUT2D eigenvalue weighted by Crippen LogP contribution is 2.76. The van der Waals surface area contributed by atoms with Crippen LogP contribution in [0.4, 0.5) is 0 Å². The van der Waals surface area contributed by atoms with Gasteiger partial charge in [-0.15, -0.1) is 0 Å². The largest absolute Gasteiger partial charge is 0.0527 e. The van der Waals surface area contributed by atoms with Crippen molar-refractivity contribution in [3.05, 3.63) is 0 Å². The van der Waals surface area contributed by atoms with Crippen molar-refractivity contribution in [2.24, 2.45) is 16.2 Å². The molecule has 4 saturated carbocycles. The van der Waals surface area contributed by atoms with Gasteiger partial charge in [0.2, 0.25) is 0 Å². The summed E-state index contributed by atoms with van der Waals surface area (Å²) in [5.74, 6) is 0. The summed E-state index contributed by atoms with van der Waals surface area (Å²) in [7, 11) is 0. The molecule has 0 saturated heterocycles. The van der Waals surface area contributed by atoms with Crippen molar-refractivity contribution in [2.75, 3.05) is 0 Å². The van der Waals surface area contributed by atoms with E-state index in [0.717, 1.165) is 16.2 Å². The second-order valence-corrected chi connectivity index (χ2v) is 7.76. The number of hydrogen-bond donors (Lipinski definition) is 0. The van der Waals surface area contributed by atoms with E-state index in [4.69, 9.17) is 0 Å². The zero-order valence-corrected chi connectivity index (χ0v) is 11.4. The lowest BCUT2D eigenvalue weighted by Crippen LogP contribution is -2.45. The lowest BCUT2D eigenvalue weighted by atomic mass is 9.52. The second-order valence-electron chi connectivity index (χ2n) is 7.76. The molecule has 0 unspecified atom stereocenters. The van der Waals surface area contributed by atoms with Crippen molar-refractivity contribution in [2.45, 2.75) is 89.9 Å². The Morgan fingerprint density at radius 1 is 0.353 bits per heavy atom. The van der Waals surface area contributed by atoms with E-state index >= 15 is 0 Å². The third-order valence-corrected chi connectivity index (χ3v) is 7.67. The van der Waals surface area contributed by atoms with Crippen LogP contribution in [0.3, 0.4) is 0 Å². The summed E-state index contributed by atoms with van der Waals surface area (Å²) in [5.41, 5.74) is 2.52. The van der Waals surface area contributed by atoms with E-state index in [2.05, 4.69) is 0 Å². The van der Waals surface area contributed by atoms with Gasteiger partial charge in [-0.1, -0.05) is 38.5 Å². The molecule has 0 aromatic carbocycles. The van der Waals surface area contributed by atoms with Gasteiger partial charge in [0.1, 0.15) is 0 Å². The Morgan fingerprint density at radius 3 is 1.12 bits per heavy atom. The molecular weight excluding hydrogens is 204 g/mol. The molecule has 0 heteroatoms. The summed E-state index contributed by atoms with van der Waals surface area (Å²) in [5, 5.41) is 0. The van der Waals surface area contributed by atoms with Gasteiger partial charge >= 0.3 is 0 Å². The molecule has 17 heavy (non-hydrogen) atoms. The fraction of sp³-hybridized carbons (Fsp3) is 1.00. The van der Waals surface area contributed by atoms with Crippen molar-refractivity contribution in [3.63, 3.8) is 0 Å². The number of rotatable bonds is 0. The Hall–Kier alpha value is 0. The summed E-state index contributed by atoms with van der Waals surface area (Å²) in [6, 6.07) is 0. The predicted molar refractivity (Wildman–Crippen MR) is 71.9 cm³/mol. The molecule has 0 amide bonds. The van der Waals surface area contributed by atoms with E-state index in [-0.39, 0.29) is 0 Å². The molecule has 4 aliphatic rings. The number of fused-ring (bicyclic) bond motifs is 2. The van der Waals surface area contributed by atoms with Gasteiger partial charge in [-0.2, -0.15) is 0 Å². The third-order valence-electron chi connectivity index (χ3n) is 7.67. The summed E-state index contributed by atoms with van der Waals surface area (Å²) < 4.78 is 0. The smallest absolute Gasteiger partial charge is 0.0184 e. The minimum Gasteiger partial charge on any atom is -0.0527 e. The molecular formula is C17H28. The van der Waals surface area contributed by atoms with Gasteiger partial charge in [0.25, 0.3) is 0 Å². The fourth-order valence-corrected chi connectivity index (χ4v) is 7.24. The molecule has 0 heterocycles. The minimum absolute atomic E-state index is 0.840. The molecule has 0 bridgehead atoms. The van der Waals surface area contributed by atoms with Crippen LogP contribution in [-0.4, -0.2) is 0 Å². The van der Waals surface area contributed by atoms with Crippen molar-refractivity contribution in [3.8, 4) is 0 Å². The summed E-state index contributed by atoms with van der Waals surface area (Å²) in [4.78, 5) is 0. The lowest BCUT2D eigenvalue weighted by molar-refractivity contribution is -0.0362. The SMILES string of the molecule is C1CCC2(C1)CCCC21CCCC12CCCC2. The molecule has 0 radical (unpaired) electrons. The van der Waals surface area contributed by atoms with Gasteiger partial charge in [0.15, 0.2) is 0 Å². The lowest BCUT2D eigenvalue weighted by Gasteiger charge is -2.52. The first-order valence-electron chi connectivity index (χ1n) is 8.33. The Morgan fingerprint density at radius 2 is 0.706 bits per heavy atom. The molecule has 0 atom stereocenters. The highest BCUT2D eigenvalue weighted by molar-refractivity contribution is 5.16. The van der Waals surface area contributed by atoms with Crippen LogP contribution in [0.25, 0.3) is 0 Å². The van der Waals surface area contributed by atoms with Gasteiger partial charge in [-0.05, 0) is 67.6 Å². The maximum absolute atomic E-state index is 1.62. The van der Waals surface area contributed by atoms with Crippen molar-refractivity contribution in [1.82, 2.24) is 0 Å². The average Bonchev–Trinajstić information content (AvgIpc) is 3.08. The van der Waals surface area contributed by atoms with Crippen LogP contribution in [-0.2, 0) is 0 Å². The second kappa shape index (κ2) is 3.52. The Balaban J connectivity index is 1.79. The van der Waals surface area contributed by atoms with E-state index in [1.807, 2.05) is 0 Å². The van der Waals surface area contributed by atoms with Crippen LogP contribution in [0.15, 0.2) is 0 Å². The quantitative estimate of drug-likeness (QED) is 0.520. The van der Waals surface area contributed by atoms with E-state index in [9.17, 15) is 0 Å². The summed E-state index contributed by atoms with van der Waals surface area (Å²) in [6.45, 7) is 0. The fourth-order valence-electron chi connectivity index (χ4n) is 7.24. The van der Waals surface area contributed by atoms with Gasteiger partial charge in [-0.25, -0.2) is 0 Å². The number of hydrogen-bond acceptors (Lipinski definition) is 0. The van der Waals surface area contributed by atoms with Crippen molar-refractivity contribution >= 4 is 0 Å². The van der Waals surface area contributed by atoms with Crippen LogP contribution in [0.5, 0.6) is 0 Å². The zero-order valence-electron chi connectivity index (χ0n) is 11.4. The maximum Gasteiger partial charge on any atom is -0.0184 e. The molecule has 4 rings (SSSR count). The molecule has 0 nitrogen and oxygen atoms in total. The van der Waals surface area contributed by atoms with Crippen molar-refractivity contribution in [1.29, 1.82) is 0 Å². The molecule has 96 valence electrons. The Kier molecular flexibility index (Phi) is 2.25. The van der Waals surface area contributed by atoms with E-state index < -0.39 is 0 Å². The van der Waals surface area contributed by atoms with Gasteiger partial charge in [-0.3, -0.25) is 0 Å². The van der Waals surface area contributed by atoms with E-state index in [1.165, 1.54) is 0 Å². The van der Waals surface area contributed by atoms with Gasteiger partial charge in [0, 0.05) is 0 Å². The van der Waals surface area contributed by atoms with E-state index in [0.29, 0.717) is 0 Å². The standard InChI is InChI=1S/C17H28/c1-2-8-15(7-1)11-5-13-17(15)14-6-12-16(17)9-3-4-10-16/h1-14H2. The van der Waals surface area contributed by atoms with Crippen LogP contribution >= 0.6 is 0 Å².